The quantitative estimate of drug-likeness (QED) is 0.349. The average molecular weight is 149 g/mol. The molecule has 3 nitrogen and oxygen atoms in total. The van der Waals surface area contributed by atoms with Crippen molar-refractivity contribution >= 4 is 11.5 Å². The molecule has 0 radical (unpaired) electrons. The van der Waals surface area contributed by atoms with Gasteiger partial charge in [0.15, 0.2) is 0 Å². The highest BCUT2D eigenvalue weighted by Crippen LogP contribution is 2.04. The van der Waals surface area contributed by atoms with Crippen LogP contribution in [-0.2, 0) is 0 Å². The summed E-state index contributed by atoms with van der Waals surface area (Å²) in [5, 5.41) is 0. The Hall–Kier alpha value is -1.51. The summed E-state index contributed by atoms with van der Waals surface area (Å²) in [6.45, 7) is 0. The monoisotopic (exact) mass is 149 g/mol. The summed E-state index contributed by atoms with van der Waals surface area (Å²) in [6.07, 6.45) is 0. The van der Waals surface area contributed by atoms with Crippen molar-refractivity contribution in [3.05, 3.63) is 29.8 Å². The molecule has 3 heteroatoms. The number of nitrogens with zero attached hydrogens (tertiary/aromatic N) is 1. The fraction of sp³-hybridized carbons (Fsp3) is 0.125. The van der Waals surface area contributed by atoms with Crippen LogP contribution >= 0.6 is 0 Å². The zero-order valence-corrected chi connectivity index (χ0v) is 6.41. The van der Waals surface area contributed by atoms with E-state index in [4.69, 9.17) is 11.5 Å². The second-order valence-corrected chi connectivity index (χ2v) is 2.23. The molecule has 0 saturated carbocycles. The Morgan fingerprint density at radius 2 is 1.82 bits per heavy atom. The third-order valence-electron chi connectivity index (χ3n) is 1.45. The van der Waals surface area contributed by atoms with Gasteiger partial charge in [-0.25, -0.2) is 0 Å². The number of aliphatic imine (C=N–C) groups is 1. The molecule has 1 aromatic rings. The van der Waals surface area contributed by atoms with Gasteiger partial charge in [-0.2, -0.15) is 0 Å². The van der Waals surface area contributed by atoms with E-state index < -0.39 is 0 Å². The first-order valence-electron chi connectivity index (χ1n) is 3.32. The molecule has 0 amide bonds. The molecule has 4 N–H and O–H groups in total. The highest BCUT2D eigenvalue weighted by atomic mass is 14.8. The van der Waals surface area contributed by atoms with Crippen molar-refractivity contribution in [1.82, 2.24) is 0 Å². The minimum atomic E-state index is 0.532. The zero-order valence-electron chi connectivity index (χ0n) is 6.41. The van der Waals surface area contributed by atoms with Crippen molar-refractivity contribution in [1.29, 1.82) is 0 Å². The summed E-state index contributed by atoms with van der Waals surface area (Å²) in [5.41, 5.74) is 12.7. The number of hydrogen-bond acceptors (Lipinski definition) is 2. The molecule has 0 bridgehead atoms. The standard InChI is InChI=1S/C8H11N3/c1-11-8(10)6-2-4-7(9)5-3-6/h2-5H,9H2,1H3,(H2,10,11). The van der Waals surface area contributed by atoms with Crippen LogP contribution in [0.2, 0.25) is 0 Å². The van der Waals surface area contributed by atoms with Gasteiger partial charge in [0.05, 0.1) is 0 Å². The summed E-state index contributed by atoms with van der Waals surface area (Å²) < 4.78 is 0. The Labute approximate surface area is 65.7 Å². The first-order valence-corrected chi connectivity index (χ1v) is 3.32. The number of anilines is 1. The molecule has 1 rings (SSSR count). The number of rotatable bonds is 1. The number of nitrogen functional groups attached to an aromatic ring is 1. The van der Waals surface area contributed by atoms with Gasteiger partial charge < -0.3 is 11.5 Å². The first kappa shape index (κ1) is 7.60. The summed E-state index contributed by atoms with van der Waals surface area (Å²) in [5.74, 6) is 0.532. The van der Waals surface area contributed by atoms with Crippen LogP contribution in [0.3, 0.4) is 0 Å². The van der Waals surface area contributed by atoms with Crippen molar-refractivity contribution in [2.24, 2.45) is 10.7 Å². The summed E-state index contributed by atoms with van der Waals surface area (Å²) in [6, 6.07) is 7.29. The molecule has 0 fully saturated rings. The molecule has 0 unspecified atom stereocenters. The molecule has 0 aromatic heterocycles. The highest BCUT2D eigenvalue weighted by molar-refractivity contribution is 5.97. The van der Waals surface area contributed by atoms with Gasteiger partial charge in [-0.3, -0.25) is 4.99 Å². The predicted molar refractivity (Wildman–Crippen MR) is 47.5 cm³/mol. The van der Waals surface area contributed by atoms with Crippen LogP contribution in [0.15, 0.2) is 29.3 Å². The lowest BCUT2D eigenvalue weighted by atomic mass is 10.2. The third kappa shape index (κ3) is 1.70. The fourth-order valence-electron chi connectivity index (χ4n) is 0.783. The van der Waals surface area contributed by atoms with Crippen molar-refractivity contribution < 1.29 is 0 Å². The lowest BCUT2D eigenvalue weighted by molar-refractivity contribution is 1.39. The molecular weight excluding hydrogens is 138 g/mol. The maximum Gasteiger partial charge on any atom is 0.125 e. The molecule has 0 aliphatic heterocycles. The van der Waals surface area contributed by atoms with E-state index in [2.05, 4.69) is 4.99 Å². The van der Waals surface area contributed by atoms with E-state index in [1.165, 1.54) is 0 Å². The SMILES string of the molecule is CN=C(N)c1ccc(N)cc1. The van der Waals surface area contributed by atoms with Crippen LogP contribution in [-0.4, -0.2) is 12.9 Å². The molecule has 0 atom stereocenters. The Bertz CT molecular complexity index is 261. The summed E-state index contributed by atoms with van der Waals surface area (Å²) >= 11 is 0. The molecule has 58 valence electrons. The normalized spacial score (nSPS) is 11.5. The fourth-order valence-corrected chi connectivity index (χ4v) is 0.783. The van der Waals surface area contributed by atoms with Crippen molar-refractivity contribution in [2.45, 2.75) is 0 Å². The summed E-state index contributed by atoms with van der Waals surface area (Å²) in [4.78, 5) is 3.84. The van der Waals surface area contributed by atoms with Gasteiger partial charge in [0.25, 0.3) is 0 Å². The van der Waals surface area contributed by atoms with Crippen LogP contribution in [0.5, 0.6) is 0 Å². The van der Waals surface area contributed by atoms with Crippen LogP contribution < -0.4 is 11.5 Å². The van der Waals surface area contributed by atoms with Gasteiger partial charge in [0.1, 0.15) is 5.84 Å². The van der Waals surface area contributed by atoms with Crippen molar-refractivity contribution in [3.8, 4) is 0 Å². The molecule has 0 heterocycles. The minimum Gasteiger partial charge on any atom is -0.399 e. The van der Waals surface area contributed by atoms with Crippen LogP contribution in [0.25, 0.3) is 0 Å². The second-order valence-electron chi connectivity index (χ2n) is 2.23. The van der Waals surface area contributed by atoms with E-state index in [1.807, 2.05) is 12.1 Å². The van der Waals surface area contributed by atoms with E-state index in [0.717, 1.165) is 11.3 Å². The number of nitrogens with two attached hydrogens (primary N) is 2. The Kier molecular flexibility index (Phi) is 2.11. The smallest absolute Gasteiger partial charge is 0.125 e. The van der Waals surface area contributed by atoms with Gasteiger partial charge in [0, 0.05) is 18.3 Å². The Morgan fingerprint density at radius 1 is 1.27 bits per heavy atom. The summed E-state index contributed by atoms with van der Waals surface area (Å²) in [7, 11) is 1.66. The van der Waals surface area contributed by atoms with Gasteiger partial charge in [-0.15, -0.1) is 0 Å². The van der Waals surface area contributed by atoms with Gasteiger partial charge in [-0.05, 0) is 24.3 Å². The molecule has 1 aromatic carbocycles. The molecule has 0 aliphatic rings. The van der Waals surface area contributed by atoms with E-state index in [0.29, 0.717) is 5.84 Å². The molecular formula is C8H11N3. The maximum absolute atomic E-state index is 5.55. The number of amidine groups is 1. The van der Waals surface area contributed by atoms with Crippen LogP contribution in [0.4, 0.5) is 5.69 Å². The Balaban J connectivity index is 2.99. The second kappa shape index (κ2) is 3.05. The van der Waals surface area contributed by atoms with Crippen LogP contribution in [0.1, 0.15) is 5.56 Å². The van der Waals surface area contributed by atoms with Crippen LogP contribution in [0, 0.1) is 0 Å². The van der Waals surface area contributed by atoms with Crippen molar-refractivity contribution in [2.75, 3.05) is 12.8 Å². The first-order chi connectivity index (χ1) is 5.24. The van der Waals surface area contributed by atoms with E-state index >= 15 is 0 Å². The molecule has 0 saturated heterocycles. The molecule has 0 aliphatic carbocycles. The highest BCUT2D eigenvalue weighted by Gasteiger charge is 1.94. The average Bonchev–Trinajstić information content (AvgIpc) is 2.05. The van der Waals surface area contributed by atoms with E-state index in [1.54, 1.807) is 19.2 Å². The third-order valence-corrected chi connectivity index (χ3v) is 1.45. The van der Waals surface area contributed by atoms with Gasteiger partial charge >= 0.3 is 0 Å². The zero-order chi connectivity index (χ0) is 8.27. The van der Waals surface area contributed by atoms with Gasteiger partial charge in [-0.1, -0.05) is 0 Å². The predicted octanol–water partition coefficient (Wildman–Crippen LogP) is 0.604. The van der Waals surface area contributed by atoms with Crippen molar-refractivity contribution in [3.63, 3.8) is 0 Å². The van der Waals surface area contributed by atoms with Gasteiger partial charge in [0.2, 0.25) is 0 Å². The number of hydrogen-bond donors (Lipinski definition) is 2. The maximum atomic E-state index is 5.55. The van der Waals surface area contributed by atoms with E-state index in [-0.39, 0.29) is 0 Å². The topological polar surface area (TPSA) is 64.4 Å². The lowest BCUT2D eigenvalue weighted by Crippen LogP contribution is -2.12. The minimum absolute atomic E-state index is 0.532. The number of benzene rings is 1. The van der Waals surface area contributed by atoms with E-state index in [9.17, 15) is 0 Å². The lowest BCUT2D eigenvalue weighted by Gasteiger charge is -1.98. The Morgan fingerprint density at radius 3 is 2.27 bits per heavy atom. The largest absolute Gasteiger partial charge is 0.399 e. The molecule has 11 heavy (non-hydrogen) atoms. The molecule has 0 spiro atoms.